The Kier molecular flexibility index (Phi) is 3.28. The summed E-state index contributed by atoms with van der Waals surface area (Å²) < 4.78 is 28.7. The molecule has 6 nitrogen and oxygen atoms in total. The lowest BCUT2D eigenvalue weighted by Crippen LogP contribution is -2.13. The number of primary sulfonamides is 1. The Hall–Kier alpha value is -2.51. The van der Waals surface area contributed by atoms with Crippen LogP contribution in [0.2, 0.25) is 0 Å². The summed E-state index contributed by atoms with van der Waals surface area (Å²) in [4.78, 5) is 8.01. The third-order valence-corrected chi connectivity index (χ3v) is 3.77. The maximum Gasteiger partial charge on any atom is 0.243 e. The average Bonchev–Trinajstić information content (AvgIpc) is 2.47. The molecule has 0 unspecified atom stereocenters. The molecule has 3 rings (SSSR count). The molecule has 2 heterocycles. The SMILES string of the molecule is NS(=O)(=O)c1cccnc1Oc1cccc2cccnc12. The zero-order valence-electron chi connectivity index (χ0n) is 10.8. The Balaban J connectivity index is 2.12. The number of aromatic nitrogens is 2. The van der Waals surface area contributed by atoms with Crippen LogP contribution in [-0.2, 0) is 10.0 Å². The first kappa shape index (κ1) is 13.5. The lowest BCUT2D eigenvalue weighted by molar-refractivity contribution is 0.451. The number of hydrogen-bond acceptors (Lipinski definition) is 5. The number of hydrogen-bond donors (Lipinski definition) is 1. The third-order valence-electron chi connectivity index (χ3n) is 2.85. The molecule has 0 aliphatic rings. The summed E-state index contributed by atoms with van der Waals surface area (Å²) in [6, 6.07) is 11.9. The van der Waals surface area contributed by atoms with E-state index in [0.29, 0.717) is 11.3 Å². The summed E-state index contributed by atoms with van der Waals surface area (Å²) in [7, 11) is -3.91. The molecule has 0 fully saturated rings. The lowest BCUT2D eigenvalue weighted by Gasteiger charge is -2.09. The van der Waals surface area contributed by atoms with Gasteiger partial charge < -0.3 is 4.74 Å². The van der Waals surface area contributed by atoms with E-state index in [1.807, 2.05) is 18.2 Å². The van der Waals surface area contributed by atoms with Gasteiger partial charge >= 0.3 is 0 Å². The van der Waals surface area contributed by atoms with E-state index in [0.717, 1.165) is 5.39 Å². The molecule has 2 aromatic heterocycles. The lowest BCUT2D eigenvalue weighted by atomic mass is 10.2. The second-order valence-electron chi connectivity index (χ2n) is 4.29. The third kappa shape index (κ3) is 2.69. The van der Waals surface area contributed by atoms with Crippen molar-refractivity contribution in [3.05, 3.63) is 54.9 Å². The van der Waals surface area contributed by atoms with Gasteiger partial charge in [0, 0.05) is 17.8 Å². The van der Waals surface area contributed by atoms with Crippen molar-refractivity contribution in [2.45, 2.75) is 4.90 Å². The van der Waals surface area contributed by atoms with E-state index in [1.54, 1.807) is 18.3 Å². The predicted octanol–water partition coefficient (Wildman–Crippen LogP) is 2.07. The van der Waals surface area contributed by atoms with Crippen molar-refractivity contribution in [2.75, 3.05) is 0 Å². The second kappa shape index (κ2) is 5.12. The first-order valence-electron chi connectivity index (χ1n) is 6.05. The highest BCUT2D eigenvalue weighted by atomic mass is 32.2. The number of ether oxygens (including phenoxy) is 1. The molecule has 0 aliphatic heterocycles. The Bertz CT molecular complexity index is 905. The van der Waals surface area contributed by atoms with E-state index in [2.05, 4.69) is 9.97 Å². The summed E-state index contributed by atoms with van der Waals surface area (Å²) in [5.41, 5.74) is 0.617. The van der Waals surface area contributed by atoms with Crippen LogP contribution in [0.25, 0.3) is 10.9 Å². The highest BCUT2D eigenvalue weighted by Crippen LogP contribution is 2.30. The van der Waals surface area contributed by atoms with Gasteiger partial charge in [-0.05, 0) is 24.3 Å². The van der Waals surface area contributed by atoms with Crippen molar-refractivity contribution in [3.63, 3.8) is 0 Å². The first-order chi connectivity index (χ1) is 10.1. The number of pyridine rings is 2. The van der Waals surface area contributed by atoms with Gasteiger partial charge in [0.25, 0.3) is 0 Å². The molecule has 21 heavy (non-hydrogen) atoms. The first-order valence-corrected chi connectivity index (χ1v) is 7.60. The van der Waals surface area contributed by atoms with Crippen molar-refractivity contribution in [1.29, 1.82) is 0 Å². The molecule has 1 aromatic carbocycles. The van der Waals surface area contributed by atoms with Crippen molar-refractivity contribution < 1.29 is 13.2 Å². The highest BCUT2D eigenvalue weighted by Gasteiger charge is 2.17. The van der Waals surface area contributed by atoms with E-state index >= 15 is 0 Å². The maximum atomic E-state index is 11.5. The topological polar surface area (TPSA) is 95.2 Å². The molecule has 7 heteroatoms. The zero-order chi connectivity index (χ0) is 14.9. The molecule has 2 N–H and O–H groups in total. The van der Waals surface area contributed by atoms with Gasteiger partial charge in [-0.1, -0.05) is 18.2 Å². The number of sulfonamides is 1. The van der Waals surface area contributed by atoms with Gasteiger partial charge in [-0.15, -0.1) is 0 Å². The van der Waals surface area contributed by atoms with Gasteiger partial charge in [0.1, 0.15) is 10.4 Å². The van der Waals surface area contributed by atoms with Gasteiger partial charge in [0.2, 0.25) is 15.9 Å². The Morgan fingerprint density at radius 3 is 2.48 bits per heavy atom. The number of para-hydroxylation sites is 1. The number of nitrogens with two attached hydrogens (primary N) is 1. The summed E-state index contributed by atoms with van der Waals surface area (Å²) in [6.45, 7) is 0. The minimum Gasteiger partial charge on any atom is -0.435 e. The van der Waals surface area contributed by atoms with Crippen LogP contribution in [0.1, 0.15) is 0 Å². The summed E-state index contributed by atoms with van der Waals surface area (Å²) in [5.74, 6) is 0.342. The number of rotatable bonds is 3. The largest absolute Gasteiger partial charge is 0.435 e. The number of nitrogens with zero attached hydrogens (tertiary/aromatic N) is 2. The Morgan fingerprint density at radius 2 is 1.67 bits per heavy atom. The van der Waals surface area contributed by atoms with Crippen LogP contribution in [0.4, 0.5) is 0 Å². The van der Waals surface area contributed by atoms with Crippen LogP contribution in [-0.4, -0.2) is 18.4 Å². The molecule has 0 amide bonds. The number of fused-ring (bicyclic) bond motifs is 1. The van der Waals surface area contributed by atoms with Crippen molar-refractivity contribution in [3.8, 4) is 11.6 Å². The van der Waals surface area contributed by atoms with E-state index in [9.17, 15) is 8.42 Å². The van der Waals surface area contributed by atoms with E-state index in [4.69, 9.17) is 9.88 Å². The average molecular weight is 301 g/mol. The maximum absolute atomic E-state index is 11.5. The van der Waals surface area contributed by atoms with E-state index in [1.165, 1.54) is 18.3 Å². The molecular weight excluding hydrogens is 290 g/mol. The minimum absolute atomic E-state index is 0.0712. The van der Waals surface area contributed by atoms with Crippen molar-refractivity contribution in [2.24, 2.45) is 5.14 Å². The normalized spacial score (nSPS) is 11.5. The fourth-order valence-corrected chi connectivity index (χ4v) is 2.54. The molecule has 3 aromatic rings. The van der Waals surface area contributed by atoms with Crippen molar-refractivity contribution in [1.82, 2.24) is 9.97 Å². The molecule has 0 bridgehead atoms. The van der Waals surface area contributed by atoms with Crippen LogP contribution < -0.4 is 9.88 Å². The smallest absolute Gasteiger partial charge is 0.243 e. The Labute approximate surface area is 121 Å². The van der Waals surface area contributed by atoms with Crippen molar-refractivity contribution >= 4 is 20.9 Å². The summed E-state index contributed by atoms with van der Waals surface area (Å²) >= 11 is 0. The monoisotopic (exact) mass is 301 g/mol. The van der Waals surface area contributed by atoms with Gasteiger partial charge in [0.15, 0.2) is 5.75 Å². The minimum atomic E-state index is -3.91. The van der Waals surface area contributed by atoms with Gasteiger partial charge in [-0.25, -0.2) is 18.5 Å². The predicted molar refractivity (Wildman–Crippen MR) is 77.4 cm³/mol. The van der Waals surface area contributed by atoms with Gasteiger partial charge in [0.05, 0.1) is 0 Å². The quantitative estimate of drug-likeness (QED) is 0.799. The molecule has 0 atom stereocenters. The van der Waals surface area contributed by atoms with E-state index in [-0.39, 0.29) is 10.8 Å². The Morgan fingerprint density at radius 1 is 0.952 bits per heavy atom. The van der Waals surface area contributed by atoms with E-state index < -0.39 is 10.0 Å². The highest BCUT2D eigenvalue weighted by molar-refractivity contribution is 7.89. The zero-order valence-corrected chi connectivity index (χ0v) is 11.6. The molecule has 0 saturated heterocycles. The van der Waals surface area contributed by atoms with Crippen LogP contribution in [0, 0.1) is 0 Å². The molecule has 0 radical (unpaired) electrons. The fourth-order valence-electron chi connectivity index (χ4n) is 1.93. The molecule has 0 spiro atoms. The van der Waals surface area contributed by atoms with Crippen LogP contribution in [0.3, 0.4) is 0 Å². The molecular formula is C14H11N3O3S. The molecule has 0 aliphatic carbocycles. The standard InChI is InChI=1S/C14H11N3O3S/c15-21(18,19)12-7-3-9-17-14(12)20-11-6-1-4-10-5-2-8-16-13(10)11/h1-9H,(H2,15,18,19). The van der Waals surface area contributed by atoms with Crippen LogP contribution in [0.15, 0.2) is 59.8 Å². The van der Waals surface area contributed by atoms with Gasteiger partial charge in [-0.2, -0.15) is 0 Å². The fraction of sp³-hybridized carbons (Fsp3) is 0. The van der Waals surface area contributed by atoms with Crippen LogP contribution >= 0.6 is 0 Å². The van der Waals surface area contributed by atoms with Gasteiger partial charge in [-0.3, -0.25) is 4.98 Å². The number of benzene rings is 1. The second-order valence-corrected chi connectivity index (χ2v) is 5.81. The summed E-state index contributed by atoms with van der Waals surface area (Å²) in [5, 5.41) is 6.04. The summed E-state index contributed by atoms with van der Waals surface area (Å²) in [6.07, 6.45) is 3.07. The molecule has 106 valence electrons. The van der Waals surface area contributed by atoms with Crippen LogP contribution in [0.5, 0.6) is 11.6 Å². The molecule has 0 saturated carbocycles.